The van der Waals surface area contributed by atoms with Crippen LogP contribution in [0.25, 0.3) is 0 Å². The number of halogens is 2. The van der Waals surface area contributed by atoms with E-state index in [0.717, 1.165) is 0 Å². The Morgan fingerprint density at radius 3 is 2.55 bits per heavy atom. The van der Waals surface area contributed by atoms with E-state index >= 15 is 4.39 Å². The number of carbonyl (C=O) groups is 3. The number of rotatable bonds is 3. The van der Waals surface area contributed by atoms with Crippen molar-refractivity contribution < 1.29 is 33.4 Å². The van der Waals surface area contributed by atoms with Gasteiger partial charge in [0, 0.05) is 23.2 Å². The average molecular weight is 483 g/mol. The first-order valence-electron chi connectivity index (χ1n) is 11.6. The molecular formula is C25H32ClFO6. The second kappa shape index (κ2) is 7.64. The summed E-state index contributed by atoms with van der Waals surface area (Å²) in [5.74, 6) is -2.78. The molecule has 0 aromatic carbocycles. The summed E-state index contributed by atoms with van der Waals surface area (Å²) in [6, 6.07) is 0. The van der Waals surface area contributed by atoms with E-state index in [-0.39, 0.29) is 36.5 Å². The van der Waals surface area contributed by atoms with Gasteiger partial charge in [0.05, 0.1) is 18.1 Å². The third-order valence-corrected chi connectivity index (χ3v) is 10.1. The molecule has 4 aliphatic rings. The number of ketones is 1. The summed E-state index contributed by atoms with van der Waals surface area (Å²) in [6.07, 6.45) is 2.33. The van der Waals surface area contributed by atoms with Crippen LogP contribution in [-0.4, -0.2) is 52.7 Å². The van der Waals surface area contributed by atoms with Gasteiger partial charge in [-0.05, 0) is 48.8 Å². The van der Waals surface area contributed by atoms with Crippen molar-refractivity contribution in [2.75, 3.05) is 7.11 Å². The van der Waals surface area contributed by atoms with Crippen LogP contribution < -0.4 is 0 Å². The van der Waals surface area contributed by atoms with Gasteiger partial charge in [-0.2, -0.15) is 0 Å². The van der Waals surface area contributed by atoms with E-state index in [9.17, 15) is 19.5 Å². The van der Waals surface area contributed by atoms with Crippen LogP contribution in [-0.2, 0) is 23.9 Å². The largest absolute Gasteiger partial charge is 0.466 e. The van der Waals surface area contributed by atoms with Gasteiger partial charge in [-0.1, -0.05) is 33.8 Å². The van der Waals surface area contributed by atoms with E-state index in [4.69, 9.17) is 21.1 Å². The molecule has 0 saturated heterocycles. The number of hydrogen-bond acceptors (Lipinski definition) is 6. The molecule has 0 aliphatic heterocycles. The Kier molecular flexibility index (Phi) is 5.65. The average Bonchev–Trinajstić information content (AvgIpc) is 2.98. The van der Waals surface area contributed by atoms with Crippen molar-refractivity contribution in [3.05, 3.63) is 23.8 Å². The number of aliphatic hydroxyl groups is 1. The SMILES string of the molecule is CCC(=O)O[C@]1(C(=O)OC)[C@H](C)C[C@H]2[C@@H]3CC(F)C4=CC(=O)C=C[C@]4(C)[C@@]3(Cl)[C@@H](O)C[C@@]21C. The molecule has 0 spiro atoms. The normalized spacial score (nSPS) is 48.3. The number of esters is 2. The van der Waals surface area contributed by atoms with Crippen LogP contribution in [0.3, 0.4) is 0 Å². The zero-order chi connectivity index (χ0) is 24.6. The van der Waals surface area contributed by atoms with Crippen molar-refractivity contribution in [1.82, 2.24) is 0 Å². The fourth-order valence-corrected chi connectivity index (χ4v) is 8.11. The van der Waals surface area contributed by atoms with Gasteiger partial charge in [0.15, 0.2) is 5.78 Å². The molecule has 0 heterocycles. The summed E-state index contributed by atoms with van der Waals surface area (Å²) in [5.41, 5.74) is -3.42. The van der Waals surface area contributed by atoms with Gasteiger partial charge in [-0.25, -0.2) is 9.18 Å². The highest BCUT2D eigenvalue weighted by Gasteiger charge is 2.77. The number of methoxy groups -OCH3 is 1. The summed E-state index contributed by atoms with van der Waals surface area (Å²) in [4.78, 5) is 36.5. The van der Waals surface area contributed by atoms with Crippen LogP contribution in [0.2, 0.25) is 0 Å². The summed E-state index contributed by atoms with van der Waals surface area (Å²) in [5, 5.41) is 11.6. The molecule has 0 amide bonds. The molecule has 0 aromatic rings. The Morgan fingerprint density at radius 1 is 1.27 bits per heavy atom. The first kappa shape index (κ1) is 24.4. The number of allylic oxidation sites excluding steroid dienone is 4. The van der Waals surface area contributed by atoms with Gasteiger partial charge in [0.2, 0.25) is 5.60 Å². The Morgan fingerprint density at radius 2 is 1.94 bits per heavy atom. The molecule has 1 N–H and O–H groups in total. The molecule has 6 nitrogen and oxygen atoms in total. The molecule has 0 radical (unpaired) electrons. The number of ether oxygens (including phenoxy) is 2. The van der Waals surface area contributed by atoms with Gasteiger partial charge in [0.1, 0.15) is 6.17 Å². The number of aliphatic hydroxyl groups excluding tert-OH is 1. The monoisotopic (exact) mass is 482 g/mol. The fourth-order valence-electron chi connectivity index (χ4n) is 7.62. The van der Waals surface area contributed by atoms with Crippen molar-refractivity contribution >= 4 is 29.3 Å². The molecule has 3 fully saturated rings. The highest BCUT2D eigenvalue weighted by atomic mass is 35.5. The smallest absolute Gasteiger partial charge is 0.351 e. The molecule has 33 heavy (non-hydrogen) atoms. The molecule has 8 heteroatoms. The minimum absolute atomic E-state index is 0.00898. The van der Waals surface area contributed by atoms with Crippen LogP contribution in [0, 0.1) is 28.6 Å². The lowest BCUT2D eigenvalue weighted by atomic mass is 9.45. The van der Waals surface area contributed by atoms with Gasteiger partial charge >= 0.3 is 11.9 Å². The molecule has 0 bridgehead atoms. The lowest BCUT2D eigenvalue weighted by Gasteiger charge is -2.64. The quantitative estimate of drug-likeness (QED) is 0.487. The zero-order valence-electron chi connectivity index (χ0n) is 19.7. The summed E-state index contributed by atoms with van der Waals surface area (Å²) >= 11 is 7.33. The second-order valence-electron chi connectivity index (χ2n) is 10.6. The topological polar surface area (TPSA) is 89.9 Å². The molecule has 4 aliphatic carbocycles. The van der Waals surface area contributed by atoms with Crippen LogP contribution in [0.5, 0.6) is 0 Å². The van der Waals surface area contributed by atoms with Gasteiger partial charge in [0.25, 0.3) is 0 Å². The van der Waals surface area contributed by atoms with Crippen molar-refractivity contribution in [1.29, 1.82) is 0 Å². The Balaban J connectivity index is 1.88. The molecule has 9 atom stereocenters. The lowest BCUT2D eigenvalue weighted by molar-refractivity contribution is -0.215. The third kappa shape index (κ3) is 2.84. The van der Waals surface area contributed by atoms with E-state index in [0.29, 0.717) is 6.42 Å². The molecule has 182 valence electrons. The molecule has 0 aromatic heterocycles. The van der Waals surface area contributed by atoms with Crippen LogP contribution in [0.1, 0.15) is 53.4 Å². The van der Waals surface area contributed by atoms with Crippen LogP contribution in [0.15, 0.2) is 23.8 Å². The van der Waals surface area contributed by atoms with Crippen LogP contribution >= 0.6 is 11.6 Å². The van der Waals surface area contributed by atoms with Crippen molar-refractivity contribution in [2.24, 2.45) is 28.6 Å². The van der Waals surface area contributed by atoms with Gasteiger partial charge in [-0.15, -0.1) is 11.6 Å². The van der Waals surface area contributed by atoms with Crippen LogP contribution in [0.4, 0.5) is 4.39 Å². The minimum Gasteiger partial charge on any atom is -0.466 e. The maximum atomic E-state index is 15.6. The van der Waals surface area contributed by atoms with E-state index in [1.807, 2.05) is 13.8 Å². The predicted octanol–water partition coefficient (Wildman–Crippen LogP) is 3.69. The number of carbonyl (C=O) groups excluding carboxylic acids is 3. The van der Waals surface area contributed by atoms with E-state index in [1.165, 1.54) is 19.3 Å². The Hall–Kier alpha value is -1.73. The lowest BCUT2D eigenvalue weighted by Crippen LogP contribution is -2.70. The number of fused-ring (bicyclic) bond motifs is 5. The number of hydrogen-bond donors (Lipinski definition) is 1. The van der Waals surface area contributed by atoms with E-state index in [2.05, 4.69) is 0 Å². The predicted molar refractivity (Wildman–Crippen MR) is 119 cm³/mol. The molecular weight excluding hydrogens is 451 g/mol. The summed E-state index contributed by atoms with van der Waals surface area (Å²) < 4.78 is 26.6. The van der Waals surface area contributed by atoms with Crippen molar-refractivity contribution in [3.63, 3.8) is 0 Å². The first-order valence-corrected chi connectivity index (χ1v) is 12.0. The maximum absolute atomic E-state index is 15.6. The van der Waals surface area contributed by atoms with E-state index < -0.39 is 57.4 Å². The maximum Gasteiger partial charge on any atom is 0.351 e. The standard InChI is InChI=1S/C25H32ClFO6/c1-6-20(30)33-25(21(31)32-5)13(2)9-15-16-11-18(27)17-10-14(28)7-8-22(17,3)24(16,26)19(29)12-23(15,25)4/h7-8,10,13,15-16,18-19,29H,6,9,11-12H2,1-5H3/t13-,15+,16+,18?,19+,22+,23+,24+,25+/m1/s1. The molecule has 1 unspecified atom stereocenters. The molecule has 3 saturated carbocycles. The van der Waals surface area contributed by atoms with Crippen molar-refractivity contribution in [3.8, 4) is 0 Å². The molecule has 4 rings (SSSR count). The summed E-state index contributed by atoms with van der Waals surface area (Å²) in [7, 11) is 1.25. The fraction of sp³-hybridized carbons (Fsp3) is 0.720. The zero-order valence-corrected chi connectivity index (χ0v) is 20.4. The van der Waals surface area contributed by atoms with Gasteiger partial charge in [-0.3, -0.25) is 9.59 Å². The second-order valence-corrected chi connectivity index (χ2v) is 11.2. The number of alkyl halides is 2. The Labute approximate surface area is 198 Å². The highest BCUT2D eigenvalue weighted by Crippen LogP contribution is 2.72. The van der Waals surface area contributed by atoms with Crippen molar-refractivity contribution in [2.45, 2.75) is 76.1 Å². The highest BCUT2D eigenvalue weighted by molar-refractivity contribution is 6.26. The summed E-state index contributed by atoms with van der Waals surface area (Å²) in [6.45, 7) is 7.06. The third-order valence-electron chi connectivity index (χ3n) is 9.22. The van der Waals surface area contributed by atoms with E-state index in [1.54, 1.807) is 19.9 Å². The minimum atomic E-state index is -1.61. The first-order chi connectivity index (χ1) is 15.3. The Bertz CT molecular complexity index is 963. The van der Waals surface area contributed by atoms with Gasteiger partial charge < -0.3 is 14.6 Å².